The van der Waals surface area contributed by atoms with E-state index in [0.29, 0.717) is 6.42 Å². The highest BCUT2D eigenvalue weighted by atomic mass is 16.3. The topological polar surface area (TPSA) is 69.6 Å². The van der Waals surface area contributed by atoms with Crippen molar-refractivity contribution in [3.05, 3.63) is 97.2 Å². The number of hydrogen-bond donors (Lipinski definition) is 3. The molecule has 1 amide bonds. The Balaban J connectivity index is 3.42. The van der Waals surface area contributed by atoms with E-state index in [1.807, 2.05) is 6.08 Å². The molecule has 3 N–H and O–H groups in total. The second-order valence-electron chi connectivity index (χ2n) is 18.6. The molecule has 0 aromatic carbocycles. The lowest BCUT2D eigenvalue weighted by molar-refractivity contribution is -0.123. The monoisotopic (exact) mass is 902 g/mol. The Morgan fingerprint density at radius 3 is 1.08 bits per heavy atom. The van der Waals surface area contributed by atoms with Crippen molar-refractivity contribution in [1.82, 2.24) is 5.32 Å². The third kappa shape index (κ3) is 52.1. The van der Waals surface area contributed by atoms with Crippen molar-refractivity contribution >= 4 is 5.91 Å². The van der Waals surface area contributed by atoms with Crippen LogP contribution in [0.5, 0.6) is 0 Å². The number of carbonyl (C=O) groups is 1. The number of aliphatic hydroxyl groups is 2. The summed E-state index contributed by atoms with van der Waals surface area (Å²) in [6.45, 7) is 4.13. The SMILES string of the molecule is CC/C=C\C/C=C\C/C=C\C/C=C\C/C=C\CCCCCCCCCCCCCCCCCCCCCCCCCCCC(=O)NC(CO)C(O)/C=C/CC/C=C/CC/C=C/CCCC. The van der Waals surface area contributed by atoms with Crippen LogP contribution >= 0.6 is 0 Å². The molecular formula is C61H107NO3. The molecule has 0 fully saturated rings. The van der Waals surface area contributed by atoms with Gasteiger partial charge >= 0.3 is 0 Å². The predicted molar refractivity (Wildman–Crippen MR) is 290 cm³/mol. The van der Waals surface area contributed by atoms with Crippen LogP contribution in [-0.4, -0.2) is 34.9 Å². The molecule has 374 valence electrons. The van der Waals surface area contributed by atoms with Crippen LogP contribution in [0, 0.1) is 0 Å². The minimum Gasteiger partial charge on any atom is -0.394 e. The molecule has 0 spiro atoms. The Bertz CT molecular complexity index is 1210. The van der Waals surface area contributed by atoms with Gasteiger partial charge in [0.25, 0.3) is 0 Å². The molecule has 0 aliphatic rings. The van der Waals surface area contributed by atoms with Gasteiger partial charge in [-0.25, -0.2) is 0 Å². The summed E-state index contributed by atoms with van der Waals surface area (Å²) in [5, 5.41) is 23.0. The molecule has 0 rings (SSSR count). The van der Waals surface area contributed by atoms with E-state index in [4.69, 9.17) is 0 Å². The summed E-state index contributed by atoms with van der Waals surface area (Å²) in [6.07, 6.45) is 83.0. The van der Waals surface area contributed by atoms with Crippen molar-refractivity contribution in [2.24, 2.45) is 0 Å². The van der Waals surface area contributed by atoms with Gasteiger partial charge in [-0.1, -0.05) is 272 Å². The molecule has 0 radical (unpaired) electrons. The van der Waals surface area contributed by atoms with Crippen molar-refractivity contribution in [1.29, 1.82) is 0 Å². The van der Waals surface area contributed by atoms with Gasteiger partial charge in [0.05, 0.1) is 18.8 Å². The average molecular weight is 903 g/mol. The number of amides is 1. The molecule has 65 heavy (non-hydrogen) atoms. The quantitative estimate of drug-likeness (QED) is 0.0421. The zero-order valence-electron chi connectivity index (χ0n) is 43.0. The second-order valence-corrected chi connectivity index (χ2v) is 18.6. The number of aliphatic hydroxyl groups excluding tert-OH is 2. The number of hydrogen-bond acceptors (Lipinski definition) is 3. The Morgan fingerprint density at radius 2 is 0.692 bits per heavy atom. The summed E-state index contributed by atoms with van der Waals surface area (Å²) < 4.78 is 0. The Kier molecular flexibility index (Phi) is 53.3. The molecular weight excluding hydrogens is 795 g/mol. The van der Waals surface area contributed by atoms with Crippen LogP contribution in [-0.2, 0) is 4.79 Å². The first kappa shape index (κ1) is 62.3. The smallest absolute Gasteiger partial charge is 0.220 e. The van der Waals surface area contributed by atoms with Crippen LogP contribution in [0.15, 0.2) is 97.2 Å². The predicted octanol–water partition coefficient (Wildman–Crippen LogP) is 18.5. The molecule has 0 heterocycles. The lowest BCUT2D eigenvalue weighted by Crippen LogP contribution is -2.45. The maximum atomic E-state index is 12.4. The maximum Gasteiger partial charge on any atom is 0.220 e. The summed E-state index contributed by atoms with van der Waals surface area (Å²) in [6, 6.07) is -0.646. The minimum atomic E-state index is -0.870. The van der Waals surface area contributed by atoms with Crippen LogP contribution in [0.25, 0.3) is 0 Å². The molecule has 0 saturated heterocycles. The largest absolute Gasteiger partial charge is 0.394 e. The number of rotatable bonds is 50. The van der Waals surface area contributed by atoms with Gasteiger partial charge in [-0.2, -0.15) is 0 Å². The van der Waals surface area contributed by atoms with Crippen LogP contribution in [0.1, 0.15) is 264 Å². The molecule has 4 nitrogen and oxygen atoms in total. The van der Waals surface area contributed by atoms with E-state index in [2.05, 4.69) is 104 Å². The van der Waals surface area contributed by atoms with E-state index in [9.17, 15) is 15.0 Å². The molecule has 0 saturated carbocycles. The van der Waals surface area contributed by atoms with Crippen molar-refractivity contribution in [3.8, 4) is 0 Å². The molecule has 0 aromatic heterocycles. The van der Waals surface area contributed by atoms with Crippen LogP contribution < -0.4 is 5.32 Å². The first-order valence-electron chi connectivity index (χ1n) is 28.0. The lowest BCUT2D eigenvalue weighted by Gasteiger charge is -2.19. The Hall–Kier alpha value is -2.69. The molecule has 0 aliphatic carbocycles. The first-order chi connectivity index (χ1) is 32.2. The van der Waals surface area contributed by atoms with Gasteiger partial charge < -0.3 is 15.5 Å². The van der Waals surface area contributed by atoms with E-state index in [-0.39, 0.29) is 12.5 Å². The van der Waals surface area contributed by atoms with E-state index < -0.39 is 12.1 Å². The minimum absolute atomic E-state index is 0.0783. The number of nitrogens with one attached hydrogen (secondary N) is 1. The van der Waals surface area contributed by atoms with Gasteiger partial charge in [-0.15, -0.1) is 0 Å². The fourth-order valence-corrected chi connectivity index (χ4v) is 8.05. The summed E-state index contributed by atoms with van der Waals surface area (Å²) in [5.41, 5.74) is 0. The van der Waals surface area contributed by atoms with Gasteiger partial charge in [0, 0.05) is 6.42 Å². The third-order valence-electron chi connectivity index (χ3n) is 12.3. The van der Waals surface area contributed by atoms with Gasteiger partial charge in [0.2, 0.25) is 5.91 Å². The summed E-state index contributed by atoms with van der Waals surface area (Å²) in [5.74, 6) is -0.0783. The first-order valence-corrected chi connectivity index (χ1v) is 28.0. The zero-order chi connectivity index (χ0) is 47.0. The normalized spacial score (nSPS) is 13.6. The van der Waals surface area contributed by atoms with Crippen molar-refractivity contribution in [2.45, 2.75) is 276 Å². The highest BCUT2D eigenvalue weighted by Gasteiger charge is 2.17. The lowest BCUT2D eigenvalue weighted by atomic mass is 10.0. The van der Waals surface area contributed by atoms with E-state index in [1.54, 1.807) is 6.08 Å². The van der Waals surface area contributed by atoms with Crippen molar-refractivity contribution in [3.63, 3.8) is 0 Å². The van der Waals surface area contributed by atoms with Crippen LogP contribution in [0.2, 0.25) is 0 Å². The van der Waals surface area contributed by atoms with Crippen molar-refractivity contribution < 1.29 is 15.0 Å². The van der Waals surface area contributed by atoms with E-state index >= 15 is 0 Å². The van der Waals surface area contributed by atoms with Crippen molar-refractivity contribution in [2.75, 3.05) is 6.61 Å². The van der Waals surface area contributed by atoms with Crippen LogP contribution in [0.3, 0.4) is 0 Å². The Morgan fingerprint density at radius 1 is 0.385 bits per heavy atom. The molecule has 4 heteroatoms. The average Bonchev–Trinajstić information content (AvgIpc) is 3.31. The third-order valence-corrected chi connectivity index (χ3v) is 12.3. The van der Waals surface area contributed by atoms with E-state index in [1.165, 1.54) is 173 Å². The second kappa shape index (κ2) is 55.6. The summed E-state index contributed by atoms with van der Waals surface area (Å²) in [7, 11) is 0. The highest BCUT2D eigenvalue weighted by Crippen LogP contribution is 2.17. The maximum absolute atomic E-state index is 12.4. The van der Waals surface area contributed by atoms with Gasteiger partial charge in [0.1, 0.15) is 0 Å². The summed E-state index contributed by atoms with van der Waals surface area (Å²) >= 11 is 0. The number of carbonyl (C=O) groups excluding carboxylic acids is 1. The molecule has 0 aromatic rings. The van der Waals surface area contributed by atoms with Gasteiger partial charge in [-0.3, -0.25) is 4.79 Å². The summed E-state index contributed by atoms with van der Waals surface area (Å²) in [4.78, 5) is 12.4. The molecule has 0 bridgehead atoms. The van der Waals surface area contributed by atoms with E-state index in [0.717, 1.165) is 70.6 Å². The number of unbranched alkanes of at least 4 members (excludes halogenated alkanes) is 29. The number of allylic oxidation sites excluding steroid dienone is 15. The zero-order valence-corrected chi connectivity index (χ0v) is 43.0. The molecule has 2 atom stereocenters. The highest BCUT2D eigenvalue weighted by molar-refractivity contribution is 5.76. The van der Waals surface area contributed by atoms with Gasteiger partial charge in [0.15, 0.2) is 0 Å². The molecule has 2 unspecified atom stereocenters. The molecule has 0 aliphatic heterocycles. The van der Waals surface area contributed by atoms with Crippen LogP contribution in [0.4, 0.5) is 0 Å². The standard InChI is InChI=1S/C61H107NO3/c1-3-5-7-9-11-13-15-17-18-19-20-21-22-23-24-25-26-27-28-29-30-31-32-33-34-35-36-37-38-39-40-41-42-43-44-45-47-49-51-53-55-57-61(65)62-59(58-63)60(64)56-54-52-50-48-46-16-14-12-10-8-6-4-2/h5,7,10-13,17-18,20-21,23-24,46,48,54,56,59-60,63-64H,3-4,6,8-9,14-16,19,22,25-45,47,49-53,55,57-58H2,1-2H3,(H,62,65)/b7-5-,12-10+,13-11-,18-17-,21-20-,24-23-,48-46+,56-54+. The fraction of sp³-hybridized carbons (Fsp3) is 0.721. The Labute approximate surface area is 404 Å². The fourth-order valence-electron chi connectivity index (χ4n) is 8.05. The van der Waals surface area contributed by atoms with Gasteiger partial charge in [-0.05, 0) is 83.5 Å².